The van der Waals surface area contributed by atoms with Crippen molar-refractivity contribution in [2.24, 2.45) is 0 Å². The largest absolute Gasteiger partial charge is 0.573 e. The molecule has 2 aromatic carbocycles. The molecular formula is C20H20F3NO5S. The average Bonchev–Trinajstić information content (AvgIpc) is 3.20. The number of alkyl halides is 3. The number of rotatable bonds is 6. The predicted molar refractivity (Wildman–Crippen MR) is 105 cm³/mol. The minimum absolute atomic E-state index is 0.101. The van der Waals surface area contributed by atoms with Crippen molar-refractivity contribution in [3.05, 3.63) is 47.5 Å². The van der Waals surface area contributed by atoms with Crippen LogP contribution in [0, 0.1) is 0 Å². The molecule has 162 valence electrons. The Hall–Kier alpha value is -2.75. The number of hydrogen-bond acceptors (Lipinski definition) is 6. The highest BCUT2D eigenvalue weighted by Crippen LogP contribution is 2.46. The predicted octanol–water partition coefficient (Wildman–Crippen LogP) is 4.50. The highest BCUT2D eigenvalue weighted by molar-refractivity contribution is 7.99. The monoisotopic (exact) mass is 443 g/mol. The summed E-state index contributed by atoms with van der Waals surface area (Å²) in [7, 11) is 4.52. The standard InChI is InChI=1S/C20H20F3NO5S/c1-26-15-11-17(28-3)16(27-2)10-14(15)19-24(7-8-30-19)18(25)12-5-4-6-13(9-12)29-20(21,22)23/h4-6,9-11,19H,7-8H2,1-3H3. The van der Waals surface area contributed by atoms with Gasteiger partial charge < -0.3 is 23.8 Å². The molecule has 6 nitrogen and oxygen atoms in total. The number of methoxy groups -OCH3 is 3. The van der Waals surface area contributed by atoms with Gasteiger partial charge in [0.1, 0.15) is 16.9 Å². The molecule has 3 rings (SSSR count). The molecule has 1 saturated heterocycles. The van der Waals surface area contributed by atoms with Crippen LogP contribution in [0.5, 0.6) is 23.0 Å². The third-order valence-electron chi connectivity index (χ3n) is 4.47. The SMILES string of the molecule is COc1cc(OC)c(C2SCCN2C(=O)c2cccc(OC(F)(F)F)c2)cc1OC. The molecule has 0 aliphatic carbocycles. The van der Waals surface area contributed by atoms with Gasteiger partial charge in [0.15, 0.2) is 11.5 Å². The van der Waals surface area contributed by atoms with Crippen molar-refractivity contribution in [1.82, 2.24) is 4.90 Å². The second-order valence-electron chi connectivity index (χ2n) is 6.25. The first-order valence-electron chi connectivity index (χ1n) is 8.85. The average molecular weight is 443 g/mol. The molecule has 1 aliphatic rings. The van der Waals surface area contributed by atoms with Crippen molar-refractivity contribution in [1.29, 1.82) is 0 Å². The number of amides is 1. The lowest BCUT2D eigenvalue weighted by atomic mass is 10.1. The summed E-state index contributed by atoms with van der Waals surface area (Å²) >= 11 is 1.52. The van der Waals surface area contributed by atoms with E-state index in [1.54, 1.807) is 17.0 Å². The van der Waals surface area contributed by atoms with Crippen molar-refractivity contribution >= 4 is 17.7 Å². The minimum atomic E-state index is -4.83. The van der Waals surface area contributed by atoms with Crippen molar-refractivity contribution in [2.45, 2.75) is 11.7 Å². The van der Waals surface area contributed by atoms with Crippen molar-refractivity contribution in [3.8, 4) is 23.0 Å². The molecule has 1 atom stereocenters. The Morgan fingerprint density at radius 3 is 2.33 bits per heavy atom. The van der Waals surface area contributed by atoms with E-state index in [9.17, 15) is 18.0 Å². The van der Waals surface area contributed by atoms with Gasteiger partial charge in [0.2, 0.25) is 0 Å². The van der Waals surface area contributed by atoms with Gasteiger partial charge in [-0.25, -0.2) is 0 Å². The Morgan fingerprint density at radius 2 is 1.70 bits per heavy atom. The fourth-order valence-electron chi connectivity index (χ4n) is 3.17. The van der Waals surface area contributed by atoms with Crippen LogP contribution in [0.2, 0.25) is 0 Å². The molecule has 0 aromatic heterocycles. The van der Waals surface area contributed by atoms with E-state index in [2.05, 4.69) is 4.74 Å². The first-order chi connectivity index (χ1) is 14.3. The van der Waals surface area contributed by atoms with Gasteiger partial charge in [-0.2, -0.15) is 0 Å². The summed E-state index contributed by atoms with van der Waals surface area (Å²) in [5, 5.41) is -0.403. The number of nitrogens with zero attached hydrogens (tertiary/aromatic N) is 1. The zero-order valence-corrected chi connectivity index (χ0v) is 17.3. The molecule has 1 aliphatic heterocycles. The van der Waals surface area contributed by atoms with Gasteiger partial charge in [0.05, 0.1) is 21.3 Å². The normalized spacial score (nSPS) is 16.3. The van der Waals surface area contributed by atoms with Crippen LogP contribution in [0.4, 0.5) is 13.2 Å². The second-order valence-corrected chi connectivity index (χ2v) is 7.43. The quantitative estimate of drug-likeness (QED) is 0.655. The minimum Gasteiger partial charge on any atom is -0.496 e. The number of hydrogen-bond donors (Lipinski definition) is 0. The molecule has 0 saturated carbocycles. The smallest absolute Gasteiger partial charge is 0.496 e. The molecule has 2 aromatic rings. The zero-order valence-electron chi connectivity index (χ0n) is 16.5. The van der Waals surface area contributed by atoms with E-state index in [0.717, 1.165) is 12.1 Å². The van der Waals surface area contributed by atoms with Crippen molar-refractivity contribution in [2.75, 3.05) is 33.6 Å². The molecular weight excluding hydrogens is 423 g/mol. The topological polar surface area (TPSA) is 57.2 Å². The lowest BCUT2D eigenvalue weighted by Crippen LogP contribution is -2.30. The van der Waals surface area contributed by atoms with E-state index >= 15 is 0 Å². The molecule has 1 fully saturated rings. The molecule has 0 bridgehead atoms. The first-order valence-corrected chi connectivity index (χ1v) is 9.90. The summed E-state index contributed by atoms with van der Waals surface area (Å²) in [6.45, 7) is 0.427. The Morgan fingerprint density at radius 1 is 1.03 bits per heavy atom. The van der Waals surface area contributed by atoms with Crippen LogP contribution in [0.1, 0.15) is 21.3 Å². The van der Waals surface area contributed by atoms with Gasteiger partial charge in [-0.3, -0.25) is 4.79 Å². The third kappa shape index (κ3) is 4.69. The number of benzene rings is 2. The fourth-order valence-corrected chi connectivity index (χ4v) is 4.44. The zero-order chi connectivity index (χ0) is 21.9. The summed E-state index contributed by atoms with van der Waals surface area (Å²) < 4.78 is 57.6. The van der Waals surface area contributed by atoms with E-state index in [0.29, 0.717) is 35.1 Å². The summed E-state index contributed by atoms with van der Waals surface area (Å²) in [5.41, 5.74) is 0.803. The van der Waals surface area contributed by atoms with Gasteiger partial charge in [-0.05, 0) is 24.3 Å². The lowest BCUT2D eigenvalue weighted by molar-refractivity contribution is -0.274. The van der Waals surface area contributed by atoms with Crippen molar-refractivity contribution < 1.29 is 36.9 Å². The number of carbonyl (C=O) groups excluding carboxylic acids is 1. The summed E-state index contributed by atoms with van der Waals surface area (Å²) in [6.07, 6.45) is -4.83. The summed E-state index contributed by atoms with van der Waals surface area (Å²) in [6, 6.07) is 8.46. The number of ether oxygens (including phenoxy) is 4. The first kappa shape index (κ1) is 21.9. The highest BCUT2D eigenvalue weighted by atomic mass is 32.2. The molecule has 0 N–H and O–H groups in total. The summed E-state index contributed by atoms with van der Waals surface area (Å²) in [4.78, 5) is 14.7. The Labute approximate surface area is 175 Å². The molecule has 0 radical (unpaired) electrons. The Kier molecular flexibility index (Phi) is 6.55. The second kappa shape index (κ2) is 8.95. The molecule has 0 spiro atoms. The molecule has 1 unspecified atom stereocenters. The highest BCUT2D eigenvalue weighted by Gasteiger charge is 2.35. The maximum Gasteiger partial charge on any atom is 0.573 e. The van der Waals surface area contributed by atoms with E-state index < -0.39 is 23.4 Å². The molecule has 10 heteroatoms. The van der Waals surface area contributed by atoms with Crippen LogP contribution >= 0.6 is 11.8 Å². The van der Waals surface area contributed by atoms with Crippen molar-refractivity contribution in [3.63, 3.8) is 0 Å². The van der Waals surface area contributed by atoms with Gasteiger partial charge in [-0.1, -0.05) is 6.07 Å². The number of halogens is 3. The van der Waals surface area contributed by atoms with E-state index in [4.69, 9.17) is 14.2 Å². The maximum absolute atomic E-state index is 13.1. The van der Waals surface area contributed by atoms with E-state index in [1.807, 2.05) is 0 Å². The van der Waals surface area contributed by atoms with Gasteiger partial charge >= 0.3 is 6.36 Å². The van der Waals surface area contributed by atoms with Crippen LogP contribution in [0.3, 0.4) is 0 Å². The maximum atomic E-state index is 13.1. The summed E-state index contributed by atoms with van der Waals surface area (Å²) in [5.74, 6) is 1.28. The molecule has 1 heterocycles. The van der Waals surface area contributed by atoms with E-state index in [-0.39, 0.29) is 5.56 Å². The Bertz CT molecular complexity index is 922. The number of thioether (sulfide) groups is 1. The van der Waals surface area contributed by atoms with Gasteiger partial charge in [0.25, 0.3) is 5.91 Å². The van der Waals surface area contributed by atoms with Crippen LogP contribution in [-0.2, 0) is 0 Å². The van der Waals surface area contributed by atoms with Gasteiger partial charge in [-0.15, -0.1) is 24.9 Å². The van der Waals surface area contributed by atoms with Crippen LogP contribution in [0.15, 0.2) is 36.4 Å². The third-order valence-corrected chi connectivity index (χ3v) is 5.71. The fraction of sp³-hybridized carbons (Fsp3) is 0.350. The van der Waals surface area contributed by atoms with Crippen LogP contribution in [0.25, 0.3) is 0 Å². The van der Waals surface area contributed by atoms with Crippen LogP contribution in [-0.4, -0.2) is 50.8 Å². The molecule has 1 amide bonds. The molecule has 30 heavy (non-hydrogen) atoms. The van der Waals surface area contributed by atoms with Gasteiger partial charge in [0, 0.05) is 29.5 Å². The lowest BCUT2D eigenvalue weighted by Gasteiger charge is -2.26. The Balaban J connectivity index is 1.93. The van der Waals surface area contributed by atoms with Crippen LogP contribution < -0.4 is 18.9 Å². The number of carbonyl (C=O) groups is 1. The van der Waals surface area contributed by atoms with E-state index in [1.165, 1.54) is 45.2 Å².